The van der Waals surface area contributed by atoms with Gasteiger partial charge in [-0.2, -0.15) is 0 Å². The second-order valence-electron chi connectivity index (χ2n) is 4.90. The Morgan fingerprint density at radius 1 is 0.947 bits per heavy atom. The average molecular weight is 266 g/mol. The summed E-state index contributed by atoms with van der Waals surface area (Å²) in [6.07, 6.45) is 18.2. The monoisotopic (exact) mass is 266 g/mol. The fourth-order valence-electron chi connectivity index (χ4n) is 1.87. The molecule has 110 valence electrons. The van der Waals surface area contributed by atoms with Crippen molar-refractivity contribution >= 4 is 5.97 Å². The third-order valence-corrected chi connectivity index (χ3v) is 3.07. The van der Waals surface area contributed by atoms with E-state index in [2.05, 4.69) is 25.7 Å². The van der Waals surface area contributed by atoms with Crippen LogP contribution in [0, 0.1) is 0 Å². The van der Waals surface area contributed by atoms with Crippen molar-refractivity contribution in [1.82, 2.24) is 0 Å². The Bertz CT molecular complexity index is 244. The predicted molar refractivity (Wildman–Crippen MR) is 82.1 cm³/mol. The Morgan fingerprint density at radius 2 is 1.53 bits per heavy atom. The van der Waals surface area contributed by atoms with E-state index < -0.39 is 0 Å². The number of hydrogen-bond acceptors (Lipinski definition) is 2. The molecule has 2 heteroatoms. The van der Waals surface area contributed by atoms with E-state index in [0.717, 1.165) is 12.8 Å². The molecular formula is C17H30O2. The first kappa shape index (κ1) is 17.9. The fourth-order valence-corrected chi connectivity index (χ4v) is 1.87. The second-order valence-corrected chi connectivity index (χ2v) is 4.90. The molecular weight excluding hydrogens is 236 g/mol. The summed E-state index contributed by atoms with van der Waals surface area (Å²) in [7, 11) is 0. The van der Waals surface area contributed by atoms with E-state index >= 15 is 0 Å². The van der Waals surface area contributed by atoms with Gasteiger partial charge < -0.3 is 4.74 Å². The molecule has 0 unspecified atom stereocenters. The molecule has 0 aromatic carbocycles. The van der Waals surface area contributed by atoms with Gasteiger partial charge >= 0.3 is 5.97 Å². The van der Waals surface area contributed by atoms with Crippen LogP contribution in [0.1, 0.15) is 71.1 Å². The number of ether oxygens (including phenoxy) is 1. The maximum atomic E-state index is 10.8. The smallest absolute Gasteiger partial charge is 0.330 e. The van der Waals surface area contributed by atoms with Gasteiger partial charge in [-0.15, -0.1) is 0 Å². The molecule has 0 saturated heterocycles. The van der Waals surface area contributed by atoms with Crippen molar-refractivity contribution in [1.29, 1.82) is 0 Å². The van der Waals surface area contributed by atoms with Gasteiger partial charge in [-0.1, -0.05) is 57.8 Å². The Balaban J connectivity index is 3.11. The Hall–Kier alpha value is -1.05. The molecule has 0 saturated carbocycles. The van der Waals surface area contributed by atoms with Gasteiger partial charge in [-0.05, 0) is 32.1 Å². The summed E-state index contributed by atoms with van der Waals surface area (Å²) in [5, 5.41) is 0. The number of esters is 1. The van der Waals surface area contributed by atoms with Gasteiger partial charge in [0, 0.05) is 6.08 Å². The third-order valence-electron chi connectivity index (χ3n) is 3.07. The highest BCUT2D eigenvalue weighted by Gasteiger charge is 1.94. The summed E-state index contributed by atoms with van der Waals surface area (Å²) in [4.78, 5) is 10.8. The summed E-state index contributed by atoms with van der Waals surface area (Å²) >= 11 is 0. The van der Waals surface area contributed by atoms with Crippen LogP contribution in [-0.4, -0.2) is 12.6 Å². The van der Waals surface area contributed by atoms with Crippen molar-refractivity contribution in [2.24, 2.45) is 0 Å². The molecule has 0 aliphatic heterocycles. The van der Waals surface area contributed by atoms with Crippen molar-refractivity contribution in [3.8, 4) is 0 Å². The quantitative estimate of drug-likeness (QED) is 0.198. The topological polar surface area (TPSA) is 26.3 Å². The van der Waals surface area contributed by atoms with E-state index in [4.69, 9.17) is 4.74 Å². The highest BCUT2D eigenvalue weighted by atomic mass is 16.5. The maximum absolute atomic E-state index is 10.8. The number of allylic oxidation sites excluding steroid dienone is 2. The molecule has 0 rings (SSSR count). The van der Waals surface area contributed by atoms with Crippen LogP contribution in [0.5, 0.6) is 0 Å². The first-order valence-corrected chi connectivity index (χ1v) is 7.75. The van der Waals surface area contributed by atoms with Crippen molar-refractivity contribution in [2.45, 2.75) is 71.1 Å². The fraction of sp³-hybridized carbons (Fsp3) is 0.706. The van der Waals surface area contributed by atoms with Gasteiger partial charge in [0.1, 0.15) is 0 Å². The van der Waals surface area contributed by atoms with Crippen LogP contribution < -0.4 is 0 Å². The zero-order chi connectivity index (χ0) is 14.2. The molecule has 0 N–H and O–H groups in total. The molecule has 0 aliphatic rings. The van der Waals surface area contributed by atoms with Crippen LogP contribution >= 0.6 is 0 Å². The molecule has 0 radical (unpaired) electrons. The number of rotatable bonds is 13. The maximum Gasteiger partial charge on any atom is 0.330 e. The summed E-state index contributed by atoms with van der Waals surface area (Å²) in [5.74, 6) is -0.314. The minimum atomic E-state index is -0.314. The molecule has 0 fully saturated rings. The van der Waals surface area contributed by atoms with Crippen molar-refractivity contribution in [3.63, 3.8) is 0 Å². The number of unbranched alkanes of at least 4 members (excludes halogenated alkanes) is 8. The van der Waals surface area contributed by atoms with E-state index in [9.17, 15) is 4.79 Å². The van der Waals surface area contributed by atoms with Crippen LogP contribution in [0.3, 0.4) is 0 Å². The normalized spacial score (nSPS) is 10.8. The van der Waals surface area contributed by atoms with E-state index in [0.29, 0.717) is 6.61 Å². The standard InChI is InChI=1S/C17H30O2/c1-3-5-6-7-8-9-10-11-12-13-14-15-16-19-17(18)4-2/h4,9-10H,2-3,5-8,11-16H2,1H3/b10-9+. The summed E-state index contributed by atoms with van der Waals surface area (Å²) in [6, 6.07) is 0. The van der Waals surface area contributed by atoms with Gasteiger partial charge in [0.25, 0.3) is 0 Å². The van der Waals surface area contributed by atoms with E-state index in [-0.39, 0.29) is 5.97 Å². The van der Waals surface area contributed by atoms with E-state index in [1.165, 1.54) is 57.4 Å². The first-order chi connectivity index (χ1) is 9.31. The lowest BCUT2D eigenvalue weighted by Crippen LogP contribution is -2.01. The van der Waals surface area contributed by atoms with Crippen molar-refractivity contribution < 1.29 is 9.53 Å². The summed E-state index contributed by atoms with van der Waals surface area (Å²) in [6.45, 7) is 6.13. The number of hydrogen-bond donors (Lipinski definition) is 0. The molecule has 0 amide bonds. The molecule has 0 aromatic heterocycles. The zero-order valence-electron chi connectivity index (χ0n) is 12.5. The van der Waals surface area contributed by atoms with Crippen LogP contribution in [0.25, 0.3) is 0 Å². The van der Waals surface area contributed by atoms with Gasteiger partial charge in [-0.3, -0.25) is 0 Å². The van der Waals surface area contributed by atoms with Gasteiger partial charge in [-0.25, -0.2) is 4.79 Å². The van der Waals surface area contributed by atoms with Crippen LogP contribution in [0.15, 0.2) is 24.8 Å². The molecule has 0 aliphatic carbocycles. The SMILES string of the molecule is C=CC(=O)OCCCCCC/C=C/CCCCCC. The van der Waals surface area contributed by atoms with Crippen LogP contribution in [0.2, 0.25) is 0 Å². The largest absolute Gasteiger partial charge is 0.463 e. The highest BCUT2D eigenvalue weighted by molar-refractivity contribution is 5.81. The van der Waals surface area contributed by atoms with E-state index in [1.807, 2.05) is 0 Å². The molecule has 0 heterocycles. The number of carbonyl (C=O) groups is 1. The highest BCUT2D eigenvalue weighted by Crippen LogP contribution is 2.06. The molecule has 19 heavy (non-hydrogen) atoms. The average Bonchev–Trinajstić information content (AvgIpc) is 2.43. The summed E-state index contributed by atoms with van der Waals surface area (Å²) < 4.78 is 4.91. The molecule has 2 nitrogen and oxygen atoms in total. The van der Waals surface area contributed by atoms with Crippen molar-refractivity contribution in [3.05, 3.63) is 24.8 Å². The molecule has 0 spiro atoms. The predicted octanol–water partition coefficient (Wildman–Crippen LogP) is 5.19. The van der Waals surface area contributed by atoms with Crippen molar-refractivity contribution in [2.75, 3.05) is 6.61 Å². The molecule has 0 atom stereocenters. The lowest BCUT2D eigenvalue weighted by Gasteiger charge is -2.01. The molecule has 0 aromatic rings. The minimum Gasteiger partial charge on any atom is -0.463 e. The lowest BCUT2D eigenvalue weighted by molar-refractivity contribution is -0.137. The lowest BCUT2D eigenvalue weighted by atomic mass is 10.1. The molecule has 0 bridgehead atoms. The minimum absolute atomic E-state index is 0.314. The van der Waals surface area contributed by atoms with Gasteiger partial charge in [0.2, 0.25) is 0 Å². The Kier molecular flexibility index (Phi) is 14.2. The number of carbonyl (C=O) groups excluding carboxylic acids is 1. The second kappa shape index (κ2) is 15.0. The van der Waals surface area contributed by atoms with Crippen LogP contribution in [0.4, 0.5) is 0 Å². The Labute approximate surface area is 118 Å². The third kappa shape index (κ3) is 14.9. The van der Waals surface area contributed by atoms with Crippen LogP contribution in [-0.2, 0) is 9.53 Å². The summed E-state index contributed by atoms with van der Waals surface area (Å²) in [5.41, 5.74) is 0. The zero-order valence-corrected chi connectivity index (χ0v) is 12.5. The van der Waals surface area contributed by atoms with E-state index in [1.54, 1.807) is 0 Å². The first-order valence-electron chi connectivity index (χ1n) is 7.75. The van der Waals surface area contributed by atoms with Gasteiger partial charge in [0.15, 0.2) is 0 Å². The Morgan fingerprint density at radius 3 is 2.11 bits per heavy atom. The van der Waals surface area contributed by atoms with Gasteiger partial charge in [0.05, 0.1) is 6.61 Å².